The molecule has 1 aliphatic heterocycles. The van der Waals surface area contributed by atoms with Crippen molar-refractivity contribution in [3.63, 3.8) is 0 Å². The lowest BCUT2D eigenvalue weighted by molar-refractivity contribution is -0.139. The standard InChI is InChI=1S/C32H44N2O6/c1-7-8-9-10-23(4)34(20-24-11-13-25(14-12-24)39-18-17-22(2)3)31(30-28(35)21-40-32(30)36)33-27-16-15-26(37-5)19-29(27)38-6/h11-16,19,22-23,30H,7-10,17-18,20-21H2,1-6H3. The highest BCUT2D eigenvalue weighted by molar-refractivity contribution is 6.22. The SMILES string of the molecule is CCCCCC(C)N(Cc1ccc(OCCC(C)C)cc1)C(=Nc1ccc(OC)cc1OC)C1C(=O)COC1=O. The summed E-state index contributed by atoms with van der Waals surface area (Å²) in [4.78, 5) is 32.9. The van der Waals surface area contributed by atoms with Gasteiger partial charge in [0.1, 0.15) is 28.8 Å². The third-order valence-electron chi connectivity index (χ3n) is 7.09. The number of nitrogens with zero attached hydrogens (tertiary/aromatic N) is 2. The van der Waals surface area contributed by atoms with Gasteiger partial charge < -0.3 is 23.8 Å². The molecular weight excluding hydrogens is 508 g/mol. The lowest BCUT2D eigenvalue weighted by Crippen LogP contribution is -2.45. The number of hydrogen-bond donors (Lipinski definition) is 0. The zero-order valence-corrected chi connectivity index (χ0v) is 24.8. The predicted molar refractivity (Wildman–Crippen MR) is 157 cm³/mol. The van der Waals surface area contributed by atoms with Gasteiger partial charge in [0, 0.05) is 18.7 Å². The first-order valence-corrected chi connectivity index (χ1v) is 14.3. The van der Waals surface area contributed by atoms with E-state index >= 15 is 0 Å². The smallest absolute Gasteiger partial charge is 0.324 e. The van der Waals surface area contributed by atoms with Gasteiger partial charge in [0.05, 0.1) is 20.8 Å². The van der Waals surface area contributed by atoms with Crippen LogP contribution in [0.2, 0.25) is 0 Å². The van der Waals surface area contributed by atoms with E-state index in [4.69, 9.17) is 23.9 Å². The number of ketones is 1. The maximum absolute atomic E-state index is 13.0. The van der Waals surface area contributed by atoms with Crippen LogP contribution in [0.3, 0.4) is 0 Å². The Morgan fingerprint density at radius 3 is 2.33 bits per heavy atom. The fraction of sp³-hybridized carbons (Fsp3) is 0.531. The number of rotatable bonds is 15. The normalized spacial score (nSPS) is 16.2. The van der Waals surface area contributed by atoms with Crippen LogP contribution in [0.15, 0.2) is 47.5 Å². The summed E-state index contributed by atoms with van der Waals surface area (Å²) in [7, 11) is 3.13. The van der Waals surface area contributed by atoms with E-state index in [1.165, 1.54) is 0 Å². The highest BCUT2D eigenvalue weighted by Crippen LogP contribution is 2.34. The predicted octanol–water partition coefficient (Wildman–Crippen LogP) is 6.37. The van der Waals surface area contributed by atoms with E-state index < -0.39 is 11.9 Å². The second-order valence-electron chi connectivity index (χ2n) is 10.7. The Balaban J connectivity index is 2.01. The number of aliphatic imine (C=N–C) groups is 1. The second kappa shape index (κ2) is 15.3. The Morgan fingerprint density at radius 2 is 1.73 bits per heavy atom. The summed E-state index contributed by atoms with van der Waals surface area (Å²) < 4.78 is 22.0. The van der Waals surface area contributed by atoms with Crippen LogP contribution >= 0.6 is 0 Å². The Labute approximate surface area is 238 Å². The minimum Gasteiger partial charge on any atom is -0.497 e. The number of Topliss-reactive ketones (excluding diaryl/α,β-unsaturated/α-hetero) is 1. The molecule has 1 aliphatic rings. The summed E-state index contributed by atoms with van der Waals surface area (Å²) in [6.45, 7) is 9.52. The molecule has 1 heterocycles. The summed E-state index contributed by atoms with van der Waals surface area (Å²) in [5.74, 6) is 0.904. The van der Waals surface area contributed by atoms with Crippen molar-refractivity contribution >= 4 is 23.3 Å². The zero-order valence-electron chi connectivity index (χ0n) is 24.8. The van der Waals surface area contributed by atoms with Crippen LogP contribution < -0.4 is 14.2 Å². The molecule has 0 saturated carbocycles. The molecule has 0 aromatic heterocycles. The molecule has 0 radical (unpaired) electrons. The largest absolute Gasteiger partial charge is 0.497 e. The quantitative estimate of drug-likeness (QED) is 0.0834. The van der Waals surface area contributed by atoms with Gasteiger partial charge in [-0.25, -0.2) is 4.99 Å². The van der Waals surface area contributed by atoms with Crippen molar-refractivity contribution < 1.29 is 28.5 Å². The van der Waals surface area contributed by atoms with Crippen LogP contribution in [0.4, 0.5) is 5.69 Å². The van der Waals surface area contributed by atoms with E-state index in [-0.39, 0.29) is 18.4 Å². The van der Waals surface area contributed by atoms with Gasteiger partial charge >= 0.3 is 5.97 Å². The molecule has 218 valence electrons. The van der Waals surface area contributed by atoms with Crippen molar-refractivity contribution in [1.82, 2.24) is 4.90 Å². The molecule has 2 unspecified atom stereocenters. The molecule has 40 heavy (non-hydrogen) atoms. The number of benzene rings is 2. The number of unbranched alkanes of at least 4 members (excludes halogenated alkanes) is 2. The van der Waals surface area contributed by atoms with E-state index in [9.17, 15) is 9.59 Å². The third kappa shape index (κ3) is 8.47. The monoisotopic (exact) mass is 552 g/mol. The molecule has 0 aliphatic carbocycles. The number of cyclic esters (lactones) is 1. The lowest BCUT2D eigenvalue weighted by Gasteiger charge is -2.34. The van der Waals surface area contributed by atoms with Crippen molar-refractivity contribution in [3.8, 4) is 17.2 Å². The Kier molecular flexibility index (Phi) is 11.8. The van der Waals surface area contributed by atoms with Crippen LogP contribution in [0.5, 0.6) is 17.2 Å². The molecule has 1 fully saturated rings. The van der Waals surface area contributed by atoms with Crippen molar-refractivity contribution in [2.24, 2.45) is 16.8 Å². The molecule has 0 bridgehead atoms. The zero-order chi connectivity index (χ0) is 29.1. The van der Waals surface area contributed by atoms with Gasteiger partial charge in [0.2, 0.25) is 0 Å². The van der Waals surface area contributed by atoms with E-state index in [0.717, 1.165) is 43.4 Å². The maximum atomic E-state index is 13.0. The molecule has 1 saturated heterocycles. The Morgan fingerprint density at radius 1 is 1.00 bits per heavy atom. The van der Waals surface area contributed by atoms with Crippen LogP contribution in [0.1, 0.15) is 65.4 Å². The summed E-state index contributed by atoms with van der Waals surface area (Å²) in [6, 6.07) is 13.3. The van der Waals surface area contributed by atoms with Crippen molar-refractivity contribution in [2.75, 3.05) is 27.4 Å². The molecular formula is C32H44N2O6. The molecule has 2 atom stereocenters. The van der Waals surface area contributed by atoms with Gasteiger partial charge in [0.25, 0.3) is 0 Å². The molecule has 2 aromatic carbocycles. The van der Waals surface area contributed by atoms with Crippen LogP contribution in [-0.2, 0) is 20.9 Å². The summed E-state index contributed by atoms with van der Waals surface area (Å²) in [5.41, 5.74) is 1.53. The Hall–Kier alpha value is -3.55. The van der Waals surface area contributed by atoms with Gasteiger partial charge in [-0.2, -0.15) is 0 Å². The molecule has 8 nitrogen and oxygen atoms in total. The van der Waals surface area contributed by atoms with Crippen molar-refractivity contribution in [3.05, 3.63) is 48.0 Å². The maximum Gasteiger partial charge on any atom is 0.324 e. The van der Waals surface area contributed by atoms with Crippen LogP contribution in [0, 0.1) is 11.8 Å². The van der Waals surface area contributed by atoms with E-state index in [0.29, 0.717) is 42.1 Å². The van der Waals surface area contributed by atoms with E-state index in [2.05, 4.69) is 32.6 Å². The lowest BCUT2D eigenvalue weighted by atomic mass is 10.00. The first kappa shape index (κ1) is 31.0. The molecule has 2 aromatic rings. The van der Waals surface area contributed by atoms with Crippen LogP contribution in [0.25, 0.3) is 0 Å². The molecule has 0 spiro atoms. The second-order valence-corrected chi connectivity index (χ2v) is 10.7. The average Bonchev–Trinajstić information content (AvgIpc) is 3.28. The van der Waals surface area contributed by atoms with E-state index in [1.54, 1.807) is 32.4 Å². The van der Waals surface area contributed by atoms with Crippen molar-refractivity contribution in [1.29, 1.82) is 0 Å². The topological polar surface area (TPSA) is 86.7 Å². The molecule has 0 N–H and O–H groups in total. The minimum atomic E-state index is -1.10. The summed E-state index contributed by atoms with van der Waals surface area (Å²) in [5, 5.41) is 0. The molecule has 3 rings (SSSR count). The minimum absolute atomic E-state index is 0.0118. The number of carbonyl (C=O) groups excluding carboxylic acids is 2. The number of ether oxygens (including phenoxy) is 4. The van der Waals surface area contributed by atoms with E-state index in [1.807, 2.05) is 24.3 Å². The third-order valence-corrected chi connectivity index (χ3v) is 7.09. The van der Waals surface area contributed by atoms with Crippen molar-refractivity contribution in [2.45, 2.75) is 72.4 Å². The summed E-state index contributed by atoms with van der Waals surface area (Å²) in [6.07, 6.45) is 5.11. The highest BCUT2D eigenvalue weighted by Gasteiger charge is 2.43. The van der Waals surface area contributed by atoms with Crippen LogP contribution in [-0.4, -0.2) is 56.0 Å². The van der Waals surface area contributed by atoms with Gasteiger partial charge in [-0.05, 0) is 55.5 Å². The number of methoxy groups -OCH3 is 2. The van der Waals surface area contributed by atoms with Gasteiger partial charge in [-0.15, -0.1) is 0 Å². The highest BCUT2D eigenvalue weighted by atomic mass is 16.5. The summed E-state index contributed by atoms with van der Waals surface area (Å²) >= 11 is 0. The number of carbonyl (C=O) groups is 2. The fourth-order valence-electron chi connectivity index (χ4n) is 4.59. The first-order chi connectivity index (χ1) is 19.3. The van der Waals surface area contributed by atoms with Gasteiger partial charge in [-0.3, -0.25) is 9.59 Å². The average molecular weight is 553 g/mol. The number of hydrogen-bond acceptors (Lipinski definition) is 7. The van der Waals surface area contributed by atoms with Gasteiger partial charge in [0.15, 0.2) is 18.3 Å². The number of esters is 1. The fourth-order valence-corrected chi connectivity index (χ4v) is 4.59. The van der Waals surface area contributed by atoms with Gasteiger partial charge in [-0.1, -0.05) is 52.2 Å². The Bertz CT molecular complexity index is 1130. The molecule has 0 amide bonds. The number of amidine groups is 1. The first-order valence-electron chi connectivity index (χ1n) is 14.3. The molecule has 8 heteroatoms.